The number of hydrogen-bond donors (Lipinski definition) is 4. The summed E-state index contributed by atoms with van der Waals surface area (Å²) in [5, 5.41) is 36.8. The Labute approximate surface area is 207 Å². The van der Waals surface area contributed by atoms with Crippen LogP contribution in [0.3, 0.4) is 0 Å². The molecule has 36 heavy (non-hydrogen) atoms. The van der Waals surface area contributed by atoms with E-state index >= 15 is 0 Å². The van der Waals surface area contributed by atoms with Crippen molar-refractivity contribution in [1.82, 2.24) is 19.7 Å². The van der Waals surface area contributed by atoms with E-state index in [4.69, 9.17) is 10.7 Å². The van der Waals surface area contributed by atoms with Crippen LogP contribution in [0.15, 0.2) is 54.7 Å². The number of benzene rings is 2. The number of aryl methyl sites for hydroxylation is 1. The summed E-state index contributed by atoms with van der Waals surface area (Å²) in [4.78, 5) is 20.8. The number of carbonyl (C=O) groups excluding carboxylic acids is 1. The Bertz CT molecular complexity index is 1430. The Morgan fingerprint density at radius 1 is 1.17 bits per heavy atom. The Hall–Kier alpha value is -4.75. The first-order valence-corrected chi connectivity index (χ1v) is 11.2. The molecule has 2 heterocycles. The lowest BCUT2D eigenvalue weighted by molar-refractivity contribution is 0.1000. The van der Waals surface area contributed by atoms with E-state index in [1.165, 1.54) is 4.68 Å². The molecule has 5 N–H and O–H groups in total. The maximum Gasteiger partial charge on any atom is 0.248 e. The van der Waals surface area contributed by atoms with Gasteiger partial charge < -0.3 is 21.3 Å². The molecule has 10 heteroatoms. The van der Waals surface area contributed by atoms with Crippen molar-refractivity contribution in [1.29, 1.82) is 5.26 Å². The summed E-state index contributed by atoms with van der Waals surface area (Å²) in [6, 6.07) is 15.6. The Balaban J connectivity index is 1.89. The molecule has 0 saturated carbocycles. The van der Waals surface area contributed by atoms with Crippen LogP contribution < -0.4 is 11.1 Å². The molecule has 2 aromatic carbocycles. The number of carbonyl (C=O) groups is 1. The fourth-order valence-electron chi connectivity index (χ4n) is 3.72. The molecule has 4 rings (SSSR count). The fourth-order valence-corrected chi connectivity index (χ4v) is 3.72. The summed E-state index contributed by atoms with van der Waals surface area (Å²) >= 11 is 0. The van der Waals surface area contributed by atoms with Crippen LogP contribution >= 0.6 is 0 Å². The minimum absolute atomic E-state index is 0.0322. The smallest absolute Gasteiger partial charge is 0.248 e. The first-order chi connectivity index (χ1) is 17.2. The van der Waals surface area contributed by atoms with Gasteiger partial charge in [0.2, 0.25) is 5.91 Å². The van der Waals surface area contributed by atoms with Gasteiger partial charge in [0.1, 0.15) is 23.8 Å². The zero-order valence-electron chi connectivity index (χ0n) is 19.8. The summed E-state index contributed by atoms with van der Waals surface area (Å²) in [6.07, 6.45) is 1.12. The number of anilines is 1. The van der Waals surface area contributed by atoms with E-state index in [-0.39, 0.29) is 18.8 Å². The van der Waals surface area contributed by atoms with Gasteiger partial charge in [-0.05, 0) is 49.7 Å². The number of phenolic OH excluding ortho intramolecular Hbond substituents is 1. The van der Waals surface area contributed by atoms with Gasteiger partial charge in [-0.3, -0.25) is 9.48 Å². The van der Waals surface area contributed by atoms with E-state index in [0.29, 0.717) is 45.3 Å². The van der Waals surface area contributed by atoms with Crippen LogP contribution in [-0.2, 0) is 6.54 Å². The highest BCUT2D eigenvalue weighted by Crippen LogP contribution is 2.34. The van der Waals surface area contributed by atoms with Crippen LogP contribution in [0.2, 0.25) is 0 Å². The number of phenols is 1. The molecule has 0 bridgehead atoms. The van der Waals surface area contributed by atoms with Gasteiger partial charge >= 0.3 is 0 Å². The largest absolute Gasteiger partial charge is 0.508 e. The third kappa shape index (κ3) is 5.48. The predicted molar refractivity (Wildman–Crippen MR) is 135 cm³/mol. The number of aromatic hydroxyl groups is 1. The van der Waals surface area contributed by atoms with Crippen molar-refractivity contribution in [2.75, 3.05) is 11.9 Å². The van der Waals surface area contributed by atoms with Crippen molar-refractivity contribution in [3.8, 4) is 45.7 Å². The van der Waals surface area contributed by atoms with Gasteiger partial charge in [0, 0.05) is 41.1 Å². The van der Waals surface area contributed by atoms with Crippen LogP contribution in [0.4, 0.5) is 5.82 Å². The van der Waals surface area contributed by atoms with Crippen LogP contribution in [0.25, 0.3) is 33.9 Å². The average molecular weight is 484 g/mol. The van der Waals surface area contributed by atoms with Crippen molar-refractivity contribution in [2.45, 2.75) is 26.5 Å². The Morgan fingerprint density at radius 3 is 2.56 bits per heavy atom. The number of nitriles is 1. The zero-order valence-corrected chi connectivity index (χ0v) is 19.8. The average Bonchev–Trinajstić information content (AvgIpc) is 3.26. The molecule has 0 aliphatic carbocycles. The number of rotatable bonds is 8. The van der Waals surface area contributed by atoms with Crippen LogP contribution in [0, 0.1) is 18.3 Å². The lowest BCUT2D eigenvalue weighted by atomic mass is 10.0. The number of primary amides is 1. The molecule has 0 radical (unpaired) electrons. The molecule has 1 amide bonds. The number of nitrogens with two attached hydrogens (primary N) is 1. The highest BCUT2D eigenvalue weighted by molar-refractivity contribution is 5.93. The molecule has 2 aromatic heterocycles. The molecular weight excluding hydrogens is 458 g/mol. The topological polar surface area (TPSA) is 163 Å². The van der Waals surface area contributed by atoms with Crippen molar-refractivity contribution in [3.05, 3.63) is 65.9 Å². The molecule has 4 aromatic rings. The number of nitrogens with zero attached hydrogens (tertiary/aromatic N) is 5. The van der Waals surface area contributed by atoms with Crippen molar-refractivity contribution in [3.63, 3.8) is 0 Å². The lowest BCUT2D eigenvalue weighted by Crippen LogP contribution is -2.16. The standard InChI is InChI=1S/C26H25N7O3/c1-15-9-19(11-20(35)10-15)24-21(14-33(32-24)8-7-27)22-12-23(29-13-16(2)34)31-26(30-22)18-5-3-17(4-6-18)25(28)36/h3-6,9-12,14,16,34-35H,8,13H2,1-2H3,(H2,28,36)(H,29,30,31)/t16-/m0/s1. The van der Waals surface area contributed by atoms with Gasteiger partial charge in [0.25, 0.3) is 0 Å². The van der Waals surface area contributed by atoms with E-state index in [1.54, 1.807) is 55.6 Å². The predicted octanol–water partition coefficient (Wildman–Crippen LogP) is 3.10. The molecule has 0 aliphatic heterocycles. The van der Waals surface area contributed by atoms with Crippen LogP contribution in [-0.4, -0.2) is 48.5 Å². The minimum Gasteiger partial charge on any atom is -0.508 e. The number of aliphatic hydroxyl groups excluding tert-OH is 1. The van der Waals surface area contributed by atoms with E-state index < -0.39 is 12.0 Å². The van der Waals surface area contributed by atoms with Crippen LogP contribution in [0.1, 0.15) is 22.8 Å². The molecule has 10 nitrogen and oxygen atoms in total. The molecule has 1 atom stereocenters. The number of aliphatic hydroxyl groups is 1. The number of nitrogens with one attached hydrogen (secondary N) is 1. The second-order valence-electron chi connectivity index (χ2n) is 8.44. The third-order valence-corrected chi connectivity index (χ3v) is 5.34. The summed E-state index contributed by atoms with van der Waals surface area (Å²) < 4.78 is 1.51. The first-order valence-electron chi connectivity index (χ1n) is 11.2. The Kier molecular flexibility index (Phi) is 6.94. The minimum atomic E-state index is -0.606. The van der Waals surface area contributed by atoms with Gasteiger partial charge in [0.15, 0.2) is 5.82 Å². The highest BCUT2D eigenvalue weighted by Gasteiger charge is 2.18. The normalized spacial score (nSPS) is 11.6. The highest BCUT2D eigenvalue weighted by atomic mass is 16.3. The maximum atomic E-state index is 11.5. The molecule has 182 valence electrons. The van der Waals surface area contributed by atoms with Gasteiger partial charge in [-0.2, -0.15) is 10.4 Å². The summed E-state index contributed by atoms with van der Waals surface area (Å²) in [5.41, 5.74) is 9.59. The second-order valence-corrected chi connectivity index (χ2v) is 8.44. The van der Waals surface area contributed by atoms with Crippen molar-refractivity contribution in [2.24, 2.45) is 5.73 Å². The van der Waals surface area contributed by atoms with E-state index in [2.05, 4.69) is 21.5 Å². The Morgan fingerprint density at radius 2 is 1.92 bits per heavy atom. The van der Waals surface area contributed by atoms with E-state index in [0.717, 1.165) is 5.56 Å². The SMILES string of the molecule is Cc1cc(O)cc(-c2nn(CC#N)cc2-c2cc(NC[C@H](C)O)nc(-c3ccc(C(N)=O)cc3)n2)c1. The van der Waals surface area contributed by atoms with Crippen molar-refractivity contribution >= 4 is 11.7 Å². The van der Waals surface area contributed by atoms with Gasteiger partial charge in [-0.15, -0.1) is 0 Å². The summed E-state index contributed by atoms with van der Waals surface area (Å²) in [5.74, 6) is 0.415. The lowest BCUT2D eigenvalue weighted by Gasteiger charge is -2.12. The number of amides is 1. The third-order valence-electron chi connectivity index (χ3n) is 5.34. The molecule has 0 aliphatic rings. The monoisotopic (exact) mass is 483 g/mol. The number of hydrogen-bond acceptors (Lipinski definition) is 8. The molecular formula is C26H25N7O3. The van der Waals surface area contributed by atoms with Crippen molar-refractivity contribution < 1.29 is 15.0 Å². The fraction of sp³-hybridized carbons (Fsp3) is 0.192. The summed E-state index contributed by atoms with van der Waals surface area (Å²) in [6.45, 7) is 3.83. The molecule has 0 spiro atoms. The maximum absolute atomic E-state index is 11.5. The van der Waals surface area contributed by atoms with Gasteiger partial charge in [-0.25, -0.2) is 9.97 Å². The molecule has 0 saturated heterocycles. The molecule has 0 unspecified atom stereocenters. The van der Waals surface area contributed by atoms with Gasteiger partial charge in [0.05, 0.1) is 17.9 Å². The van der Waals surface area contributed by atoms with Gasteiger partial charge in [-0.1, -0.05) is 12.1 Å². The quantitative estimate of drug-likeness (QED) is 0.297. The molecule has 0 fully saturated rings. The first kappa shape index (κ1) is 24.4. The number of aromatic nitrogens is 4. The van der Waals surface area contributed by atoms with E-state index in [1.807, 2.05) is 13.0 Å². The van der Waals surface area contributed by atoms with E-state index in [9.17, 15) is 20.3 Å². The zero-order chi connectivity index (χ0) is 25.8. The summed E-state index contributed by atoms with van der Waals surface area (Å²) in [7, 11) is 0. The second kappa shape index (κ2) is 10.2. The van der Waals surface area contributed by atoms with Crippen LogP contribution in [0.5, 0.6) is 5.75 Å².